The second kappa shape index (κ2) is 7.28. The van der Waals surface area contributed by atoms with Gasteiger partial charge in [-0.25, -0.2) is 0 Å². The highest BCUT2D eigenvalue weighted by Crippen LogP contribution is 2.29. The van der Waals surface area contributed by atoms with Gasteiger partial charge < -0.3 is 10.0 Å². The Morgan fingerprint density at radius 1 is 1.25 bits per heavy atom. The molecular formula is C14H18F3NO2. The van der Waals surface area contributed by atoms with Crippen LogP contribution in [0.15, 0.2) is 24.3 Å². The summed E-state index contributed by atoms with van der Waals surface area (Å²) in [5.74, 6) is -0.430. The average Bonchev–Trinajstić information content (AvgIpc) is 2.42. The zero-order valence-electron chi connectivity index (χ0n) is 11.3. The maximum atomic E-state index is 12.6. The maximum absolute atomic E-state index is 12.6. The summed E-state index contributed by atoms with van der Waals surface area (Å²) in [6, 6.07) is 4.42. The molecule has 0 bridgehead atoms. The van der Waals surface area contributed by atoms with E-state index < -0.39 is 17.6 Å². The Kier molecular flexibility index (Phi) is 6.01. The van der Waals surface area contributed by atoms with Crippen LogP contribution in [0.3, 0.4) is 0 Å². The number of nitrogens with zero attached hydrogens (tertiary/aromatic N) is 1. The summed E-state index contributed by atoms with van der Waals surface area (Å²) in [4.78, 5) is 13.4. The molecule has 0 aliphatic rings. The lowest BCUT2D eigenvalue weighted by Crippen LogP contribution is -2.28. The molecule has 3 nitrogen and oxygen atoms in total. The van der Waals surface area contributed by atoms with Gasteiger partial charge in [0.25, 0.3) is 5.91 Å². The van der Waals surface area contributed by atoms with Gasteiger partial charge >= 0.3 is 6.18 Å². The zero-order chi connectivity index (χ0) is 15.2. The molecule has 0 atom stereocenters. The molecule has 1 N–H and O–H groups in total. The number of amides is 1. The van der Waals surface area contributed by atoms with Crippen molar-refractivity contribution in [3.05, 3.63) is 35.4 Å². The summed E-state index contributed by atoms with van der Waals surface area (Å²) in [7, 11) is 1.56. The molecule has 0 heterocycles. The minimum absolute atomic E-state index is 0.0319. The lowest BCUT2D eigenvalue weighted by atomic mass is 10.1. The molecule has 112 valence electrons. The van der Waals surface area contributed by atoms with Crippen LogP contribution >= 0.6 is 0 Å². The molecule has 0 unspecified atom stereocenters. The predicted octanol–water partition coefficient (Wildman–Crippen LogP) is 2.94. The number of aliphatic hydroxyl groups excluding tert-OH is 1. The standard InChI is InChI=1S/C14H18F3NO2/c1-18(8-3-2-4-9-19)13(20)11-6-5-7-12(10-11)14(15,16)17/h5-7,10,19H,2-4,8-9H2,1H3. The van der Waals surface area contributed by atoms with Gasteiger partial charge in [-0.1, -0.05) is 6.07 Å². The van der Waals surface area contributed by atoms with Crippen molar-refractivity contribution in [1.29, 1.82) is 0 Å². The first kappa shape index (κ1) is 16.5. The number of hydrogen-bond donors (Lipinski definition) is 1. The van der Waals surface area contributed by atoms with Gasteiger partial charge in [0, 0.05) is 25.8 Å². The number of carbonyl (C=O) groups is 1. The van der Waals surface area contributed by atoms with Gasteiger partial charge in [-0.05, 0) is 37.5 Å². The number of benzene rings is 1. The molecule has 1 rings (SSSR count). The fourth-order valence-corrected chi connectivity index (χ4v) is 1.79. The molecule has 1 aromatic rings. The molecule has 6 heteroatoms. The normalized spacial score (nSPS) is 11.4. The summed E-state index contributed by atoms with van der Waals surface area (Å²) in [6.45, 7) is 0.556. The number of unbranched alkanes of at least 4 members (excludes halogenated alkanes) is 2. The third-order valence-corrected chi connectivity index (χ3v) is 2.94. The lowest BCUT2D eigenvalue weighted by Gasteiger charge is -2.17. The van der Waals surface area contributed by atoms with Crippen LogP contribution < -0.4 is 0 Å². The first-order valence-electron chi connectivity index (χ1n) is 6.40. The molecule has 0 aromatic heterocycles. The molecule has 1 aromatic carbocycles. The molecule has 20 heavy (non-hydrogen) atoms. The van der Waals surface area contributed by atoms with E-state index in [0.717, 1.165) is 18.6 Å². The van der Waals surface area contributed by atoms with Gasteiger partial charge in [-0.3, -0.25) is 4.79 Å². The van der Waals surface area contributed by atoms with E-state index in [1.54, 1.807) is 7.05 Å². The van der Waals surface area contributed by atoms with Gasteiger partial charge in [-0.15, -0.1) is 0 Å². The highest BCUT2D eigenvalue weighted by molar-refractivity contribution is 5.94. The largest absolute Gasteiger partial charge is 0.416 e. The molecule has 0 aliphatic heterocycles. The minimum Gasteiger partial charge on any atom is -0.396 e. The van der Waals surface area contributed by atoms with Crippen molar-refractivity contribution in [1.82, 2.24) is 4.90 Å². The van der Waals surface area contributed by atoms with E-state index in [1.165, 1.54) is 17.0 Å². The number of rotatable bonds is 6. The quantitative estimate of drug-likeness (QED) is 0.818. The Bertz CT molecular complexity index is 446. The van der Waals surface area contributed by atoms with E-state index in [-0.39, 0.29) is 12.2 Å². The highest BCUT2D eigenvalue weighted by atomic mass is 19.4. The van der Waals surface area contributed by atoms with Crippen molar-refractivity contribution in [3.8, 4) is 0 Å². The van der Waals surface area contributed by atoms with Crippen molar-refractivity contribution in [2.45, 2.75) is 25.4 Å². The van der Waals surface area contributed by atoms with Gasteiger partial charge in [0.05, 0.1) is 5.56 Å². The fraction of sp³-hybridized carbons (Fsp3) is 0.500. The van der Waals surface area contributed by atoms with E-state index in [4.69, 9.17) is 5.11 Å². The second-order valence-corrected chi connectivity index (χ2v) is 4.59. The van der Waals surface area contributed by atoms with Crippen LogP contribution in [-0.2, 0) is 6.18 Å². The molecule has 0 fully saturated rings. The SMILES string of the molecule is CN(CCCCCO)C(=O)c1cccc(C(F)(F)F)c1. The Hall–Kier alpha value is -1.56. The topological polar surface area (TPSA) is 40.5 Å². The van der Waals surface area contributed by atoms with Crippen LogP contribution in [0.5, 0.6) is 0 Å². The number of hydrogen-bond acceptors (Lipinski definition) is 2. The smallest absolute Gasteiger partial charge is 0.396 e. The van der Waals surface area contributed by atoms with E-state index in [0.29, 0.717) is 19.4 Å². The van der Waals surface area contributed by atoms with Crippen LogP contribution in [0.1, 0.15) is 35.2 Å². The molecule has 0 spiro atoms. The summed E-state index contributed by atoms with van der Waals surface area (Å²) in [5, 5.41) is 8.64. The summed E-state index contributed by atoms with van der Waals surface area (Å²) in [5.41, 5.74) is -0.790. The summed E-state index contributed by atoms with van der Waals surface area (Å²) >= 11 is 0. The van der Waals surface area contributed by atoms with Crippen LogP contribution in [-0.4, -0.2) is 36.1 Å². The molecule has 0 saturated carbocycles. The summed E-state index contributed by atoms with van der Waals surface area (Å²) in [6.07, 6.45) is -2.31. The van der Waals surface area contributed by atoms with E-state index >= 15 is 0 Å². The monoisotopic (exact) mass is 289 g/mol. The number of aliphatic hydroxyl groups is 1. The van der Waals surface area contributed by atoms with Crippen molar-refractivity contribution in [2.24, 2.45) is 0 Å². The van der Waals surface area contributed by atoms with Gasteiger partial charge in [-0.2, -0.15) is 13.2 Å². The second-order valence-electron chi connectivity index (χ2n) is 4.59. The third-order valence-electron chi connectivity index (χ3n) is 2.94. The molecule has 1 amide bonds. The maximum Gasteiger partial charge on any atom is 0.416 e. The fourth-order valence-electron chi connectivity index (χ4n) is 1.79. The van der Waals surface area contributed by atoms with E-state index in [1.807, 2.05) is 0 Å². The van der Waals surface area contributed by atoms with Crippen molar-refractivity contribution in [2.75, 3.05) is 20.2 Å². The molecule has 0 aliphatic carbocycles. The molecular weight excluding hydrogens is 271 g/mol. The first-order valence-corrected chi connectivity index (χ1v) is 6.40. The van der Waals surface area contributed by atoms with Crippen LogP contribution in [0, 0.1) is 0 Å². The number of halogens is 3. The third kappa shape index (κ3) is 4.85. The number of alkyl halides is 3. The van der Waals surface area contributed by atoms with Crippen LogP contribution in [0.2, 0.25) is 0 Å². The van der Waals surface area contributed by atoms with Gasteiger partial charge in [0.2, 0.25) is 0 Å². The predicted molar refractivity (Wildman–Crippen MR) is 69.3 cm³/mol. The lowest BCUT2D eigenvalue weighted by molar-refractivity contribution is -0.137. The number of carbonyl (C=O) groups excluding carboxylic acids is 1. The Balaban J connectivity index is 2.67. The first-order chi connectivity index (χ1) is 9.36. The Morgan fingerprint density at radius 3 is 2.55 bits per heavy atom. The van der Waals surface area contributed by atoms with E-state index in [2.05, 4.69) is 0 Å². The Labute approximate surface area is 116 Å². The Morgan fingerprint density at radius 2 is 1.95 bits per heavy atom. The van der Waals surface area contributed by atoms with E-state index in [9.17, 15) is 18.0 Å². The van der Waals surface area contributed by atoms with Crippen molar-refractivity contribution < 1.29 is 23.1 Å². The average molecular weight is 289 g/mol. The van der Waals surface area contributed by atoms with Crippen LogP contribution in [0.4, 0.5) is 13.2 Å². The summed E-state index contributed by atoms with van der Waals surface area (Å²) < 4.78 is 37.7. The highest BCUT2D eigenvalue weighted by Gasteiger charge is 2.31. The van der Waals surface area contributed by atoms with Gasteiger partial charge in [0.1, 0.15) is 0 Å². The van der Waals surface area contributed by atoms with Crippen molar-refractivity contribution in [3.63, 3.8) is 0 Å². The minimum atomic E-state index is -4.45. The van der Waals surface area contributed by atoms with Crippen LogP contribution in [0.25, 0.3) is 0 Å². The molecule has 0 saturated heterocycles. The van der Waals surface area contributed by atoms with Crippen molar-refractivity contribution >= 4 is 5.91 Å². The zero-order valence-corrected chi connectivity index (χ0v) is 11.3. The molecule has 0 radical (unpaired) electrons. The van der Waals surface area contributed by atoms with Gasteiger partial charge in [0.15, 0.2) is 0 Å².